The maximum absolute atomic E-state index is 2.80. The molecule has 0 aromatic heterocycles. The van der Waals surface area contributed by atoms with Crippen molar-refractivity contribution in [2.24, 2.45) is 0 Å². The maximum atomic E-state index is 2.80. The van der Waals surface area contributed by atoms with Gasteiger partial charge in [0.25, 0.3) is 0 Å². The highest BCUT2D eigenvalue weighted by molar-refractivity contribution is 5.22. The van der Waals surface area contributed by atoms with Crippen LogP contribution in [0.3, 0.4) is 0 Å². The predicted octanol–water partition coefficient (Wildman–Crippen LogP) is 11.8. The van der Waals surface area contributed by atoms with Crippen LogP contribution in [-0.2, 0) is 5.54 Å². The summed E-state index contributed by atoms with van der Waals surface area (Å²) in [6, 6.07) is 11.2. The van der Waals surface area contributed by atoms with Crippen molar-refractivity contribution in [1.82, 2.24) is 4.90 Å². The Bertz CT molecular complexity index is 563. The highest BCUT2D eigenvalue weighted by atomic mass is 15.2. The summed E-state index contributed by atoms with van der Waals surface area (Å²) in [7, 11) is 0. The Balaban J connectivity index is 2.26. The molecule has 0 N–H and O–H groups in total. The molecule has 0 aliphatic rings. The molecule has 0 aliphatic carbocycles. The van der Waals surface area contributed by atoms with Gasteiger partial charge in [-0.15, -0.1) is 0 Å². The summed E-state index contributed by atoms with van der Waals surface area (Å²) in [4.78, 5) is 2.80. The van der Waals surface area contributed by atoms with Gasteiger partial charge < -0.3 is 0 Å². The van der Waals surface area contributed by atoms with Gasteiger partial charge in [0.2, 0.25) is 0 Å². The number of benzene rings is 1. The first-order chi connectivity index (χ1) is 17.6. The molecule has 0 bridgehead atoms. The zero-order chi connectivity index (χ0) is 26.2. The third-order valence-corrected chi connectivity index (χ3v) is 8.33. The molecular formula is C35H65N. The van der Waals surface area contributed by atoms with E-state index in [0.29, 0.717) is 0 Å². The van der Waals surface area contributed by atoms with E-state index in [4.69, 9.17) is 0 Å². The smallest absolute Gasteiger partial charge is 0.0404 e. The van der Waals surface area contributed by atoms with Gasteiger partial charge in [0.1, 0.15) is 0 Å². The van der Waals surface area contributed by atoms with E-state index in [1.807, 2.05) is 0 Å². The second-order valence-electron chi connectivity index (χ2n) is 12.0. The summed E-state index contributed by atoms with van der Waals surface area (Å²) in [6.45, 7) is 12.0. The zero-order valence-corrected chi connectivity index (χ0v) is 25.3. The molecule has 210 valence electrons. The zero-order valence-electron chi connectivity index (χ0n) is 25.3. The molecule has 0 radical (unpaired) electrons. The van der Waals surface area contributed by atoms with Crippen molar-refractivity contribution >= 4 is 0 Å². The third-order valence-electron chi connectivity index (χ3n) is 8.33. The molecular weight excluding hydrogens is 434 g/mol. The van der Waals surface area contributed by atoms with E-state index in [1.165, 1.54) is 160 Å². The van der Waals surface area contributed by atoms with Crippen LogP contribution in [0.15, 0.2) is 30.3 Å². The van der Waals surface area contributed by atoms with Crippen LogP contribution in [0.4, 0.5) is 0 Å². The molecule has 1 aromatic carbocycles. The Morgan fingerprint density at radius 2 is 0.750 bits per heavy atom. The monoisotopic (exact) mass is 500 g/mol. The quantitative estimate of drug-likeness (QED) is 0.115. The van der Waals surface area contributed by atoms with Crippen molar-refractivity contribution in [3.63, 3.8) is 0 Å². The average Bonchev–Trinajstić information content (AvgIpc) is 2.89. The molecule has 0 saturated heterocycles. The van der Waals surface area contributed by atoms with Crippen molar-refractivity contribution in [3.8, 4) is 0 Å². The molecule has 0 heterocycles. The summed E-state index contributed by atoms with van der Waals surface area (Å²) in [5, 5.41) is 0. The largest absolute Gasteiger partial charge is 0.294 e. The first-order valence-corrected chi connectivity index (χ1v) is 16.4. The maximum Gasteiger partial charge on any atom is 0.0404 e. The summed E-state index contributed by atoms with van der Waals surface area (Å²) in [6.07, 6.45) is 31.3. The molecule has 36 heavy (non-hydrogen) atoms. The Hall–Kier alpha value is -0.820. The van der Waals surface area contributed by atoms with Crippen LogP contribution < -0.4 is 0 Å². The van der Waals surface area contributed by atoms with E-state index < -0.39 is 0 Å². The Labute approximate surface area is 228 Å². The fourth-order valence-electron chi connectivity index (χ4n) is 5.63. The molecule has 0 atom stereocenters. The highest BCUT2D eigenvalue weighted by Gasteiger charge is 2.27. The van der Waals surface area contributed by atoms with Gasteiger partial charge >= 0.3 is 0 Å². The van der Waals surface area contributed by atoms with E-state index in [9.17, 15) is 0 Å². The fraction of sp³-hybridized carbons (Fsp3) is 0.829. The second kappa shape index (κ2) is 23.3. The van der Waals surface area contributed by atoms with Crippen LogP contribution in [0.5, 0.6) is 0 Å². The standard InChI is InChI=1S/C35H65N/c1-5-7-9-11-13-15-17-18-20-22-24-29-33-36(35(3,4)34-30-26-25-27-31-34)32-28-23-21-19-16-14-12-10-8-6-2/h25-27,30-31H,5-24,28-29,32-33H2,1-4H3. The summed E-state index contributed by atoms with van der Waals surface area (Å²) in [5.74, 6) is 0. The number of hydrogen-bond donors (Lipinski definition) is 0. The molecule has 0 saturated carbocycles. The summed E-state index contributed by atoms with van der Waals surface area (Å²) >= 11 is 0. The molecule has 1 nitrogen and oxygen atoms in total. The Morgan fingerprint density at radius 3 is 1.08 bits per heavy atom. The fourth-order valence-corrected chi connectivity index (χ4v) is 5.63. The van der Waals surface area contributed by atoms with Crippen LogP contribution in [0, 0.1) is 0 Å². The molecule has 0 fully saturated rings. The number of nitrogens with zero attached hydrogens (tertiary/aromatic N) is 1. The van der Waals surface area contributed by atoms with Gasteiger partial charge in [0, 0.05) is 5.54 Å². The lowest BCUT2D eigenvalue weighted by Crippen LogP contribution is -2.42. The SMILES string of the molecule is CCCCCCCCCCCCCCN(CCCCCCCCCCCC)C(C)(C)c1ccccc1. The number of hydrogen-bond acceptors (Lipinski definition) is 1. The number of rotatable bonds is 26. The minimum atomic E-state index is 0.123. The molecule has 0 aliphatic heterocycles. The van der Waals surface area contributed by atoms with Crippen LogP contribution in [0.25, 0.3) is 0 Å². The van der Waals surface area contributed by atoms with Crippen LogP contribution in [0.2, 0.25) is 0 Å². The second-order valence-corrected chi connectivity index (χ2v) is 12.0. The Morgan fingerprint density at radius 1 is 0.444 bits per heavy atom. The van der Waals surface area contributed by atoms with Crippen LogP contribution in [0.1, 0.15) is 175 Å². The van der Waals surface area contributed by atoms with Gasteiger partial charge in [-0.1, -0.05) is 173 Å². The van der Waals surface area contributed by atoms with Gasteiger partial charge in [-0.05, 0) is 45.3 Å². The van der Waals surface area contributed by atoms with E-state index in [2.05, 4.69) is 62.9 Å². The van der Waals surface area contributed by atoms with Gasteiger partial charge in [0.05, 0.1) is 0 Å². The first kappa shape index (κ1) is 33.2. The van der Waals surface area contributed by atoms with E-state index in [1.54, 1.807) is 0 Å². The first-order valence-electron chi connectivity index (χ1n) is 16.4. The van der Waals surface area contributed by atoms with Crippen molar-refractivity contribution < 1.29 is 0 Å². The van der Waals surface area contributed by atoms with Crippen molar-refractivity contribution in [1.29, 1.82) is 0 Å². The Kier molecular flexibility index (Phi) is 21.5. The van der Waals surface area contributed by atoms with Crippen LogP contribution >= 0.6 is 0 Å². The van der Waals surface area contributed by atoms with Crippen LogP contribution in [-0.4, -0.2) is 18.0 Å². The lowest BCUT2D eigenvalue weighted by molar-refractivity contribution is 0.113. The average molecular weight is 500 g/mol. The molecule has 1 heteroatoms. The van der Waals surface area contributed by atoms with Gasteiger partial charge in [-0.25, -0.2) is 0 Å². The van der Waals surface area contributed by atoms with Gasteiger partial charge in [0.15, 0.2) is 0 Å². The molecule has 0 unspecified atom stereocenters. The minimum absolute atomic E-state index is 0.123. The predicted molar refractivity (Wildman–Crippen MR) is 164 cm³/mol. The molecule has 0 amide bonds. The third kappa shape index (κ3) is 16.8. The normalized spacial score (nSPS) is 12.0. The summed E-state index contributed by atoms with van der Waals surface area (Å²) in [5.41, 5.74) is 1.59. The topological polar surface area (TPSA) is 3.24 Å². The van der Waals surface area contributed by atoms with Crippen molar-refractivity contribution in [2.45, 2.75) is 174 Å². The van der Waals surface area contributed by atoms with E-state index in [0.717, 1.165) is 0 Å². The van der Waals surface area contributed by atoms with Crippen molar-refractivity contribution in [3.05, 3.63) is 35.9 Å². The number of unbranched alkanes of at least 4 members (excludes halogenated alkanes) is 20. The summed E-state index contributed by atoms with van der Waals surface area (Å²) < 4.78 is 0. The molecule has 1 aromatic rings. The van der Waals surface area contributed by atoms with Crippen molar-refractivity contribution in [2.75, 3.05) is 13.1 Å². The van der Waals surface area contributed by atoms with Gasteiger partial charge in [-0.2, -0.15) is 0 Å². The molecule has 1 rings (SSSR count). The minimum Gasteiger partial charge on any atom is -0.294 e. The highest BCUT2D eigenvalue weighted by Crippen LogP contribution is 2.29. The lowest BCUT2D eigenvalue weighted by Gasteiger charge is -2.39. The molecule has 0 spiro atoms. The van der Waals surface area contributed by atoms with E-state index >= 15 is 0 Å². The lowest BCUT2D eigenvalue weighted by atomic mass is 9.91. The van der Waals surface area contributed by atoms with Gasteiger partial charge in [-0.3, -0.25) is 4.90 Å². The van der Waals surface area contributed by atoms with E-state index in [-0.39, 0.29) is 5.54 Å².